The van der Waals surface area contributed by atoms with E-state index in [0.717, 1.165) is 11.8 Å². The molecule has 0 aliphatic heterocycles. The van der Waals surface area contributed by atoms with Crippen molar-refractivity contribution in [1.82, 2.24) is 19.7 Å². The summed E-state index contributed by atoms with van der Waals surface area (Å²) in [6.45, 7) is 0.422. The molecule has 0 fully saturated rings. The van der Waals surface area contributed by atoms with E-state index in [1.807, 2.05) is 34.9 Å². The number of nitrogens with zero attached hydrogens (tertiary/aromatic N) is 4. The highest BCUT2D eigenvalue weighted by Gasteiger charge is 2.17. The second kappa shape index (κ2) is 7.71. The van der Waals surface area contributed by atoms with Crippen molar-refractivity contribution < 1.29 is 13.2 Å². The highest BCUT2D eigenvalue weighted by molar-refractivity contribution is 7.98. The molecule has 0 saturated carbocycles. The summed E-state index contributed by atoms with van der Waals surface area (Å²) in [7, 11) is 0. The quantitative estimate of drug-likeness (QED) is 0.457. The Labute approximate surface area is 158 Å². The van der Waals surface area contributed by atoms with Gasteiger partial charge in [-0.2, -0.15) is 0 Å². The van der Waals surface area contributed by atoms with Gasteiger partial charge in [0.25, 0.3) is 0 Å². The van der Waals surface area contributed by atoms with Crippen LogP contribution in [0.2, 0.25) is 0 Å². The van der Waals surface area contributed by atoms with Crippen molar-refractivity contribution in [1.29, 1.82) is 0 Å². The van der Waals surface area contributed by atoms with Gasteiger partial charge >= 0.3 is 0 Å². The molecule has 0 N–H and O–H groups in total. The Kier molecular flexibility index (Phi) is 4.97. The maximum Gasteiger partial charge on any atom is 0.192 e. The summed E-state index contributed by atoms with van der Waals surface area (Å²) in [5.74, 6) is 0.493. The maximum atomic E-state index is 13.4. The summed E-state index contributed by atoms with van der Waals surface area (Å²) in [4.78, 5) is 4.33. The van der Waals surface area contributed by atoms with Crippen LogP contribution in [-0.2, 0) is 12.3 Å². The van der Waals surface area contributed by atoms with Crippen LogP contribution in [0.5, 0.6) is 0 Å². The Morgan fingerprint density at radius 1 is 1.00 bits per heavy atom. The third kappa shape index (κ3) is 4.06. The summed E-state index contributed by atoms with van der Waals surface area (Å²) in [5, 5.41) is 9.10. The number of furan rings is 1. The van der Waals surface area contributed by atoms with Gasteiger partial charge in [-0.15, -0.1) is 10.2 Å². The average molecular weight is 384 g/mol. The molecule has 3 aromatic heterocycles. The lowest BCUT2D eigenvalue weighted by Gasteiger charge is -2.08. The molecule has 136 valence electrons. The Balaban J connectivity index is 1.64. The van der Waals surface area contributed by atoms with E-state index >= 15 is 0 Å². The van der Waals surface area contributed by atoms with Crippen LogP contribution in [0.15, 0.2) is 70.6 Å². The molecule has 0 aliphatic rings. The molecule has 0 bridgehead atoms. The van der Waals surface area contributed by atoms with Crippen LogP contribution >= 0.6 is 11.8 Å². The molecule has 0 atom stereocenters. The number of hydrogen-bond donors (Lipinski definition) is 0. The molecule has 1 aromatic carbocycles. The molecule has 4 aromatic rings. The molecular weight excluding hydrogens is 370 g/mol. The number of halogens is 2. The lowest BCUT2D eigenvalue weighted by molar-refractivity contribution is 0.485. The van der Waals surface area contributed by atoms with Crippen LogP contribution < -0.4 is 0 Å². The molecule has 4 rings (SSSR count). The van der Waals surface area contributed by atoms with Crippen LogP contribution in [0.1, 0.15) is 11.3 Å². The Morgan fingerprint density at radius 3 is 2.56 bits per heavy atom. The van der Waals surface area contributed by atoms with Crippen LogP contribution in [0.4, 0.5) is 8.78 Å². The first-order valence-electron chi connectivity index (χ1n) is 8.14. The third-order valence-corrected chi connectivity index (χ3v) is 4.83. The number of aromatic nitrogens is 4. The van der Waals surface area contributed by atoms with Gasteiger partial charge in [0.05, 0.1) is 12.8 Å². The number of rotatable bonds is 6. The number of hydrogen-bond acceptors (Lipinski definition) is 5. The highest BCUT2D eigenvalue weighted by Crippen LogP contribution is 2.27. The zero-order chi connectivity index (χ0) is 18.6. The summed E-state index contributed by atoms with van der Waals surface area (Å²) in [6.07, 6.45) is 3.28. The van der Waals surface area contributed by atoms with E-state index in [-0.39, 0.29) is 0 Å². The third-order valence-electron chi connectivity index (χ3n) is 3.80. The van der Waals surface area contributed by atoms with Gasteiger partial charge < -0.3 is 4.42 Å². The van der Waals surface area contributed by atoms with Gasteiger partial charge in [-0.1, -0.05) is 17.8 Å². The molecule has 27 heavy (non-hydrogen) atoms. The van der Waals surface area contributed by atoms with Gasteiger partial charge in [0.2, 0.25) is 0 Å². The predicted molar refractivity (Wildman–Crippen MR) is 97.0 cm³/mol. The fourth-order valence-corrected chi connectivity index (χ4v) is 3.49. The minimum absolute atomic E-state index is 0.354. The number of thioether (sulfide) groups is 1. The van der Waals surface area contributed by atoms with Crippen molar-refractivity contribution in [3.63, 3.8) is 0 Å². The van der Waals surface area contributed by atoms with Crippen molar-refractivity contribution in [2.75, 3.05) is 0 Å². The van der Waals surface area contributed by atoms with E-state index in [0.29, 0.717) is 34.5 Å². The van der Waals surface area contributed by atoms with E-state index in [1.54, 1.807) is 12.5 Å². The van der Waals surface area contributed by atoms with Gasteiger partial charge in [-0.25, -0.2) is 8.78 Å². The average Bonchev–Trinajstić information content (AvgIpc) is 3.30. The predicted octanol–water partition coefficient (Wildman–Crippen LogP) is 4.55. The lowest BCUT2D eigenvalue weighted by atomic mass is 10.2. The van der Waals surface area contributed by atoms with Crippen LogP contribution in [-0.4, -0.2) is 19.7 Å². The van der Waals surface area contributed by atoms with Gasteiger partial charge in [0.1, 0.15) is 23.1 Å². The van der Waals surface area contributed by atoms with Crippen LogP contribution in [0, 0.1) is 11.6 Å². The fourth-order valence-electron chi connectivity index (χ4n) is 2.62. The summed E-state index contributed by atoms with van der Waals surface area (Å²) < 4.78 is 34.1. The zero-order valence-corrected chi connectivity index (χ0v) is 14.9. The van der Waals surface area contributed by atoms with E-state index in [2.05, 4.69) is 15.2 Å². The van der Waals surface area contributed by atoms with E-state index < -0.39 is 11.6 Å². The lowest BCUT2D eigenvalue weighted by Crippen LogP contribution is -2.04. The topological polar surface area (TPSA) is 56.7 Å². The Bertz CT molecular complexity index is 1020. The van der Waals surface area contributed by atoms with Gasteiger partial charge in [0, 0.05) is 18.0 Å². The number of benzene rings is 1. The standard InChI is InChI=1S/C19H14F2N4OS/c20-14-8-13(9-15(21)10-14)12-27-19-24-23-18(17-5-1-2-6-22-17)25(19)11-16-4-3-7-26-16/h1-10H,11-12H2. The van der Waals surface area contributed by atoms with Crippen molar-refractivity contribution in [3.8, 4) is 11.5 Å². The van der Waals surface area contributed by atoms with Gasteiger partial charge in [-0.05, 0) is 42.0 Å². The summed E-state index contributed by atoms with van der Waals surface area (Å²) in [6, 6.07) is 12.7. The van der Waals surface area contributed by atoms with Crippen molar-refractivity contribution >= 4 is 11.8 Å². The zero-order valence-electron chi connectivity index (χ0n) is 14.0. The van der Waals surface area contributed by atoms with E-state index in [4.69, 9.17) is 4.42 Å². The molecule has 0 spiro atoms. The van der Waals surface area contributed by atoms with Crippen LogP contribution in [0.3, 0.4) is 0 Å². The first kappa shape index (κ1) is 17.4. The fraction of sp³-hybridized carbons (Fsp3) is 0.105. The highest BCUT2D eigenvalue weighted by atomic mass is 32.2. The molecule has 0 radical (unpaired) electrons. The largest absolute Gasteiger partial charge is 0.467 e. The summed E-state index contributed by atoms with van der Waals surface area (Å²) >= 11 is 1.34. The SMILES string of the molecule is Fc1cc(F)cc(CSc2nnc(-c3ccccn3)n2Cc2ccco2)c1. The molecule has 8 heteroatoms. The van der Waals surface area contributed by atoms with Crippen molar-refractivity contribution in [2.24, 2.45) is 0 Å². The molecule has 3 heterocycles. The molecule has 5 nitrogen and oxygen atoms in total. The molecule has 0 aliphatic carbocycles. The minimum atomic E-state index is -0.600. The smallest absolute Gasteiger partial charge is 0.192 e. The first-order valence-corrected chi connectivity index (χ1v) is 9.12. The Hall–Kier alpha value is -3.00. The molecule has 0 unspecified atom stereocenters. The van der Waals surface area contributed by atoms with E-state index in [1.165, 1.54) is 23.9 Å². The molecule has 0 saturated heterocycles. The first-order chi connectivity index (χ1) is 13.2. The van der Waals surface area contributed by atoms with Gasteiger partial charge in [-0.3, -0.25) is 9.55 Å². The summed E-state index contributed by atoms with van der Waals surface area (Å²) in [5.41, 5.74) is 1.21. The Morgan fingerprint density at radius 2 is 1.85 bits per heavy atom. The second-order valence-electron chi connectivity index (χ2n) is 5.75. The number of pyridine rings is 1. The normalized spacial score (nSPS) is 11.0. The molecule has 0 amide bonds. The molecular formula is C19H14F2N4OS. The van der Waals surface area contributed by atoms with Crippen molar-refractivity contribution in [2.45, 2.75) is 17.5 Å². The van der Waals surface area contributed by atoms with E-state index in [9.17, 15) is 8.78 Å². The van der Waals surface area contributed by atoms with Crippen LogP contribution in [0.25, 0.3) is 11.5 Å². The van der Waals surface area contributed by atoms with Gasteiger partial charge in [0.15, 0.2) is 11.0 Å². The maximum absolute atomic E-state index is 13.4. The van der Waals surface area contributed by atoms with Crippen molar-refractivity contribution in [3.05, 3.63) is 83.9 Å². The minimum Gasteiger partial charge on any atom is -0.467 e. The second-order valence-corrected chi connectivity index (χ2v) is 6.70. The monoisotopic (exact) mass is 384 g/mol.